The number of thiophene rings is 1. The molecule has 0 fully saturated rings. The SMILES string of the molecule is CCC[CH2][Sn]([CH2]CCC)([CH2]CCC)[c]1cc2cc3ccccc3cc2s1. The van der Waals surface area contributed by atoms with Gasteiger partial charge >= 0.3 is 169 Å². The van der Waals surface area contributed by atoms with Crippen LogP contribution in [0.2, 0.25) is 13.3 Å². The van der Waals surface area contributed by atoms with Gasteiger partial charge < -0.3 is 0 Å². The van der Waals surface area contributed by atoms with Crippen LogP contribution in [0.1, 0.15) is 59.3 Å². The third-order valence-corrected chi connectivity index (χ3v) is 25.2. The van der Waals surface area contributed by atoms with Crippen LogP contribution < -0.4 is 2.89 Å². The fourth-order valence-electron chi connectivity index (χ4n) is 4.28. The molecule has 0 bridgehead atoms. The number of hydrogen-bond acceptors (Lipinski definition) is 1. The quantitative estimate of drug-likeness (QED) is 0.261. The number of rotatable bonds is 10. The molecule has 0 saturated heterocycles. The Bertz CT molecular complexity index is 758. The van der Waals surface area contributed by atoms with Crippen LogP contribution in [0.3, 0.4) is 0 Å². The third-order valence-electron chi connectivity index (χ3n) is 5.93. The van der Waals surface area contributed by atoms with Gasteiger partial charge in [0.2, 0.25) is 0 Å². The van der Waals surface area contributed by atoms with Crippen LogP contribution in [0.4, 0.5) is 0 Å². The molecule has 2 heteroatoms. The second-order valence-electron chi connectivity index (χ2n) is 7.94. The number of benzene rings is 2. The van der Waals surface area contributed by atoms with Gasteiger partial charge in [0, 0.05) is 0 Å². The van der Waals surface area contributed by atoms with Crippen molar-refractivity contribution in [3.63, 3.8) is 0 Å². The van der Waals surface area contributed by atoms with Crippen LogP contribution in [-0.2, 0) is 0 Å². The predicted molar refractivity (Wildman–Crippen MR) is 124 cm³/mol. The molecule has 0 aliphatic rings. The van der Waals surface area contributed by atoms with Crippen LogP contribution >= 0.6 is 11.3 Å². The molecule has 0 aliphatic carbocycles. The van der Waals surface area contributed by atoms with Gasteiger partial charge in [-0.3, -0.25) is 0 Å². The fourth-order valence-corrected chi connectivity index (χ4v) is 24.6. The minimum absolute atomic E-state index is 1.35. The minimum atomic E-state index is -2.28. The molecule has 1 heterocycles. The van der Waals surface area contributed by atoms with Crippen LogP contribution in [0.15, 0.2) is 42.5 Å². The van der Waals surface area contributed by atoms with E-state index in [2.05, 4.69) is 74.6 Å². The van der Waals surface area contributed by atoms with Crippen molar-refractivity contribution in [3.8, 4) is 0 Å². The van der Waals surface area contributed by atoms with Crippen LogP contribution in [0.5, 0.6) is 0 Å². The average molecular weight is 473 g/mol. The Morgan fingerprint density at radius 1 is 0.692 bits per heavy atom. The van der Waals surface area contributed by atoms with Gasteiger partial charge in [0.05, 0.1) is 0 Å². The molecule has 0 N–H and O–H groups in total. The summed E-state index contributed by atoms with van der Waals surface area (Å²) in [7, 11) is 0. The summed E-state index contributed by atoms with van der Waals surface area (Å²) in [6.45, 7) is 7.11. The molecular weight excluding hydrogens is 439 g/mol. The summed E-state index contributed by atoms with van der Waals surface area (Å²) in [5, 5.41) is 4.28. The molecule has 3 aromatic rings. The van der Waals surface area contributed by atoms with E-state index in [-0.39, 0.29) is 0 Å². The molecule has 0 spiro atoms. The zero-order valence-corrected chi connectivity index (χ0v) is 20.5. The van der Waals surface area contributed by atoms with Gasteiger partial charge in [0.1, 0.15) is 0 Å². The summed E-state index contributed by atoms with van der Waals surface area (Å²) in [4.78, 5) is 0. The van der Waals surface area contributed by atoms with E-state index in [0.717, 1.165) is 0 Å². The maximum atomic E-state index is 2.63. The van der Waals surface area contributed by atoms with E-state index in [1.54, 1.807) is 13.3 Å². The number of unbranched alkanes of at least 4 members (excludes halogenated alkanes) is 3. The third kappa shape index (κ3) is 4.47. The molecular formula is C24H34SSn. The molecule has 0 saturated carbocycles. The first-order valence-electron chi connectivity index (χ1n) is 10.6. The van der Waals surface area contributed by atoms with Gasteiger partial charge in [0.15, 0.2) is 0 Å². The van der Waals surface area contributed by atoms with Gasteiger partial charge in [-0.15, -0.1) is 0 Å². The van der Waals surface area contributed by atoms with Crippen molar-refractivity contribution in [1.82, 2.24) is 0 Å². The van der Waals surface area contributed by atoms with Crippen molar-refractivity contribution in [3.05, 3.63) is 42.5 Å². The zero-order chi connectivity index (χ0) is 18.4. The Balaban J connectivity index is 2.06. The van der Waals surface area contributed by atoms with E-state index >= 15 is 0 Å². The molecule has 0 radical (unpaired) electrons. The summed E-state index contributed by atoms with van der Waals surface area (Å²) in [5.41, 5.74) is 0. The normalized spacial score (nSPS) is 12.3. The maximum absolute atomic E-state index is 2.63. The van der Waals surface area contributed by atoms with E-state index in [1.807, 2.05) is 2.89 Å². The average Bonchev–Trinajstić information content (AvgIpc) is 3.09. The zero-order valence-electron chi connectivity index (χ0n) is 16.8. The molecule has 26 heavy (non-hydrogen) atoms. The molecule has 1 aromatic heterocycles. The number of fused-ring (bicyclic) bond motifs is 2. The second kappa shape index (κ2) is 9.59. The van der Waals surface area contributed by atoms with Gasteiger partial charge in [0.25, 0.3) is 0 Å². The first-order valence-corrected chi connectivity index (χ1v) is 18.9. The second-order valence-corrected chi connectivity index (χ2v) is 23.2. The molecule has 0 atom stereocenters. The van der Waals surface area contributed by atoms with Crippen molar-refractivity contribution >= 4 is 53.5 Å². The topological polar surface area (TPSA) is 0 Å². The van der Waals surface area contributed by atoms with Crippen LogP contribution in [0.25, 0.3) is 20.9 Å². The van der Waals surface area contributed by atoms with Gasteiger partial charge in [-0.05, 0) is 0 Å². The van der Waals surface area contributed by atoms with Crippen molar-refractivity contribution in [1.29, 1.82) is 0 Å². The van der Waals surface area contributed by atoms with Gasteiger partial charge in [-0.25, -0.2) is 0 Å². The van der Waals surface area contributed by atoms with Crippen LogP contribution in [0, 0.1) is 0 Å². The summed E-state index contributed by atoms with van der Waals surface area (Å²) in [6.07, 6.45) is 8.39. The Morgan fingerprint density at radius 2 is 1.23 bits per heavy atom. The Morgan fingerprint density at radius 3 is 1.77 bits per heavy atom. The first-order chi connectivity index (χ1) is 12.7. The molecule has 0 nitrogen and oxygen atoms in total. The van der Waals surface area contributed by atoms with Crippen molar-refractivity contribution in [2.45, 2.75) is 72.6 Å². The molecule has 0 unspecified atom stereocenters. The van der Waals surface area contributed by atoms with Crippen molar-refractivity contribution < 1.29 is 0 Å². The molecule has 0 amide bonds. The molecule has 2 aromatic carbocycles. The van der Waals surface area contributed by atoms with Crippen molar-refractivity contribution in [2.24, 2.45) is 0 Å². The molecule has 3 rings (SSSR count). The monoisotopic (exact) mass is 474 g/mol. The van der Waals surface area contributed by atoms with E-state index in [1.165, 1.54) is 59.4 Å². The van der Waals surface area contributed by atoms with E-state index in [9.17, 15) is 0 Å². The summed E-state index contributed by atoms with van der Waals surface area (Å²) in [6, 6.07) is 16.3. The summed E-state index contributed by atoms with van der Waals surface area (Å²) >= 11 is -0.120. The first kappa shape index (κ1) is 20.2. The standard InChI is InChI=1S/C12H7S.3C4H9.Sn/c1-2-4-10-8-12-11(5-6-13-12)7-9(10)3-1;3*1-3-4-2;/h1-5,7-8H;3*1,3-4H2,2H3;. The molecule has 140 valence electrons. The van der Waals surface area contributed by atoms with E-state index < -0.39 is 18.4 Å². The van der Waals surface area contributed by atoms with Crippen molar-refractivity contribution in [2.75, 3.05) is 0 Å². The predicted octanol–water partition coefficient (Wildman–Crippen LogP) is 8.11. The Hall–Kier alpha value is -0.541. The fraction of sp³-hybridized carbons (Fsp3) is 0.500. The summed E-state index contributed by atoms with van der Waals surface area (Å²) < 4.78 is 8.08. The van der Waals surface area contributed by atoms with Crippen LogP contribution in [-0.4, -0.2) is 18.4 Å². The van der Waals surface area contributed by atoms with E-state index in [4.69, 9.17) is 0 Å². The van der Waals surface area contributed by atoms with E-state index in [0.29, 0.717) is 0 Å². The molecule has 0 aliphatic heterocycles. The Labute approximate surface area is 167 Å². The number of hydrogen-bond donors (Lipinski definition) is 0. The van der Waals surface area contributed by atoms with Gasteiger partial charge in [-0.1, -0.05) is 0 Å². The summed E-state index contributed by atoms with van der Waals surface area (Å²) in [5.74, 6) is 0. The Kier molecular flexibility index (Phi) is 7.45. The van der Waals surface area contributed by atoms with Gasteiger partial charge in [-0.2, -0.15) is 0 Å².